The highest BCUT2D eigenvalue weighted by molar-refractivity contribution is 5.87. The Hall–Kier alpha value is -2.75. The van der Waals surface area contributed by atoms with Crippen LogP contribution in [0.4, 0.5) is 0 Å². The quantitative estimate of drug-likeness (QED) is 0.500. The summed E-state index contributed by atoms with van der Waals surface area (Å²) in [6.45, 7) is 6.80. The normalized spacial score (nSPS) is 11.6. The fraction of sp³-hybridized carbons (Fsp3) is 0.211. The summed E-state index contributed by atoms with van der Waals surface area (Å²) in [5, 5.41) is 9.34. The molecule has 2 rings (SSSR count). The number of carbonyl (C=O) groups is 1. The van der Waals surface area contributed by atoms with E-state index in [1.54, 1.807) is 26.0 Å². The SMILES string of the molecule is C=C(C)C(=O)OC(C)Oc1ccccc1Cc1ccc(O)cc1. The molecule has 2 aromatic rings. The van der Waals surface area contributed by atoms with E-state index >= 15 is 0 Å². The first-order valence-corrected chi connectivity index (χ1v) is 7.34. The molecule has 2 aromatic carbocycles. The molecule has 0 bridgehead atoms. The number of hydrogen-bond donors (Lipinski definition) is 1. The van der Waals surface area contributed by atoms with Gasteiger partial charge in [-0.15, -0.1) is 0 Å². The van der Waals surface area contributed by atoms with E-state index in [1.165, 1.54) is 0 Å². The molecule has 0 saturated carbocycles. The lowest BCUT2D eigenvalue weighted by Gasteiger charge is -2.18. The molecule has 0 heterocycles. The third-order valence-corrected chi connectivity index (χ3v) is 3.22. The van der Waals surface area contributed by atoms with Gasteiger partial charge in [-0.05, 0) is 36.2 Å². The average Bonchev–Trinajstić information content (AvgIpc) is 2.51. The zero-order chi connectivity index (χ0) is 16.8. The molecular formula is C19H20O4. The van der Waals surface area contributed by atoms with Gasteiger partial charge < -0.3 is 14.6 Å². The molecule has 0 aliphatic rings. The van der Waals surface area contributed by atoms with E-state index in [2.05, 4.69) is 6.58 Å². The van der Waals surface area contributed by atoms with Crippen LogP contribution in [-0.2, 0) is 16.0 Å². The first-order valence-electron chi connectivity index (χ1n) is 7.34. The second-order valence-corrected chi connectivity index (χ2v) is 5.32. The third-order valence-electron chi connectivity index (χ3n) is 3.22. The maximum Gasteiger partial charge on any atom is 0.336 e. The van der Waals surface area contributed by atoms with Crippen LogP contribution in [0.15, 0.2) is 60.7 Å². The highest BCUT2D eigenvalue weighted by Crippen LogP contribution is 2.23. The van der Waals surface area contributed by atoms with Crippen LogP contribution in [0.25, 0.3) is 0 Å². The Balaban J connectivity index is 2.09. The fourth-order valence-corrected chi connectivity index (χ4v) is 2.05. The minimum Gasteiger partial charge on any atom is -0.508 e. The molecule has 0 spiro atoms. The summed E-state index contributed by atoms with van der Waals surface area (Å²) >= 11 is 0. The van der Waals surface area contributed by atoms with Crippen LogP contribution in [0.5, 0.6) is 11.5 Å². The maximum atomic E-state index is 11.5. The van der Waals surface area contributed by atoms with E-state index in [9.17, 15) is 9.90 Å². The van der Waals surface area contributed by atoms with Crippen LogP contribution in [0.2, 0.25) is 0 Å². The van der Waals surface area contributed by atoms with Crippen molar-refractivity contribution < 1.29 is 19.4 Å². The number of ether oxygens (including phenoxy) is 2. The first-order chi connectivity index (χ1) is 11.0. The Bertz CT molecular complexity index is 689. The summed E-state index contributed by atoms with van der Waals surface area (Å²) < 4.78 is 10.9. The highest BCUT2D eigenvalue weighted by atomic mass is 16.7. The Kier molecular flexibility index (Phi) is 5.41. The lowest BCUT2D eigenvalue weighted by molar-refractivity contribution is -0.156. The second-order valence-electron chi connectivity index (χ2n) is 5.32. The Labute approximate surface area is 136 Å². The summed E-state index contributed by atoms with van der Waals surface area (Å²) in [5.41, 5.74) is 2.35. The smallest absolute Gasteiger partial charge is 0.336 e. The molecule has 0 aliphatic carbocycles. The summed E-state index contributed by atoms with van der Waals surface area (Å²) in [4.78, 5) is 11.5. The number of phenolic OH excluding ortho intramolecular Hbond substituents is 1. The predicted molar refractivity (Wildman–Crippen MR) is 88.4 cm³/mol. The number of phenols is 1. The molecule has 4 nitrogen and oxygen atoms in total. The van der Waals surface area contributed by atoms with Crippen molar-refractivity contribution in [3.05, 3.63) is 71.8 Å². The van der Waals surface area contributed by atoms with Crippen LogP contribution < -0.4 is 4.74 Å². The molecule has 1 unspecified atom stereocenters. The molecule has 0 amide bonds. The van der Waals surface area contributed by atoms with Crippen LogP contribution in [0, 0.1) is 0 Å². The fourth-order valence-electron chi connectivity index (χ4n) is 2.05. The topological polar surface area (TPSA) is 55.8 Å². The monoisotopic (exact) mass is 312 g/mol. The van der Waals surface area contributed by atoms with Gasteiger partial charge in [0.1, 0.15) is 11.5 Å². The molecule has 4 heteroatoms. The van der Waals surface area contributed by atoms with Crippen molar-refractivity contribution in [1.82, 2.24) is 0 Å². The van der Waals surface area contributed by atoms with Gasteiger partial charge in [-0.2, -0.15) is 0 Å². The summed E-state index contributed by atoms with van der Waals surface area (Å²) in [6, 6.07) is 14.6. The number of benzene rings is 2. The van der Waals surface area contributed by atoms with Crippen molar-refractivity contribution in [2.24, 2.45) is 0 Å². The number of esters is 1. The van der Waals surface area contributed by atoms with Crippen LogP contribution >= 0.6 is 0 Å². The van der Waals surface area contributed by atoms with E-state index < -0.39 is 12.3 Å². The van der Waals surface area contributed by atoms with E-state index in [4.69, 9.17) is 9.47 Å². The average molecular weight is 312 g/mol. The van der Waals surface area contributed by atoms with Gasteiger partial charge >= 0.3 is 5.97 Å². The maximum absolute atomic E-state index is 11.5. The molecule has 0 radical (unpaired) electrons. The van der Waals surface area contributed by atoms with Crippen LogP contribution in [0.1, 0.15) is 25.0 Å². The molecule has 0 fully saturated rings. The van der Waals surface area contributed by atoms with Crippen molar-refractivity contribution in [3.8, 4) is 11.5 Å². The van der Waals surface area contributed by atoms with Crippen molar-refractivity contribution in [3.63, 3.8) is 0 Å². The van der Waals surface area contributed by atoms with Gasteiger partial charge in [0.25, 0.3) is 0 Å². The lowest BCUT2D eigenvalue weighted by Crippen LogP contribution is -2.21. The van der Waals surface area contributed by atoms with Gasteiger partial charge in [-0.3, -0.25) is 0 Å². The number of para-hydroxylation sites is 1. The Morgan fingerprint density at radius 2 is 1.83 bits per heavy atom. The minimum absolute atomic E-state index is 0.235. The highest BCUT2D eigenvalue weighted by Gasteiger charge is 2.13. The number of hydrogen-bond acceptors (Lipinski definition) is 4. The minimum atomic E-state index is -0.708. The van der Waals surface area contributed by atoms with E-state index in [0.717, 1.165) is 11.1 Å². The van der Waals surface area contributed by atoms with Gasteiger partial charge in [0.05, 0.1) is 0 Å². The van der Waals surface area contributed by atoms with E-state index in [-0.39, 0.29) is 5.75 Å². The number of carbonyl (C=O) groups excluding carboxylic acids is 1. The summed E-state index contributed by atoms with van der Waals surface area (Å²) in [6.07, 6.45) is -0.0578. The summed E-state index contributed by atoms with van der Waals surface area (Å²) in [5.74, 6) is 0.412. The molecule has 1 N–H and O–H groups in total. The zero-order valence-corrected chi connectivity index (χ0v) is 13.3. The van der Waals surface area contributed by atoms with E-state index in [0.29, 0.717) is 17.7 Å². The number of rotatable bonds is 6. The van der Waals surface area contributed by atoms with Crippen molar-refractivity contribution in [2.75, 3.05) is 0 Å². The van der Waals surface area contributed by atoms with Crippen LogP contribution in [-0.4, -0.2) is 17.4 Å². The van der Waals surface area contributed by atoms with Crippen LogP contribution in [0.3, 0.4) is 0 Å². The number of aromatic hydroxyl groups is 1. The lowest BCUT2D eigenvalue weighted by atomic mass is 10.0. The third kappa shape index (κ3) is 4.88. The van der Waals surface area contributed by atoms with Crippen molar-refractivity contribution >= 4 is 5.97 Å². The molecular weight excluding hydrogens is 292 g/mol. The van der Waals surface area contributed by atoms with Gasteiger partial charge in [0, 0.05) is 18.9 Å². The molecule has 0 aliphatic heterocycles. The first kappa shape index (κ1) is 16.6. The van der Waals surface area contributed by atoms with Gasteiger partial charge in [-0.1, -0.05) is 36.9 Å². The van der Waals surface area contributed by atoms with Gasteiger partial charge in [-0.25, -0.2) is 4.79 Å². The second kappa shape index (κ2) is 7.49. The van der Waals surface area contributed by atoms with Gasteiger partial charge in [0.2, 0.25) is 6.29 Å². The van der Waals surface area contributed by atoms with Crippen molar-refractivity contribution in [1.29, 1.82) is 0 Å². The van der Waals surface area contributed by atoms with E-state index in [1.807, 2.05) is 36.4 Å². The Morgan fingerprint density at radius 3 is 2.48 bits per heavy atom. The zero-order valence-electron chi connectivity index (χ0n) is 13.3. The molecule has 0 aromatic heterocycles. The Morgan fingerprint density at radius 1 is 1.17 bits per heavy atom. The molecule has 0 saturated heterocycles. The molecule has 120 valence electrons. The predicted octanol–water partition coefficient (Wildman–Crippen LogP) is 3.83. The molecule has 1 atom stereocenters. The van der Waals surface area contributed by atoms with Gasteiger partial charge in [0.15, 0.2) is 0 Å². The molecule has 23 heavy (non-hydrogen) atoms. The van der Waals surface area contributed by atoms with Crippen molar-refractivity contribution in [2.45, 2.75) is 26.6 Å². The largest absolute Gasteiger partial charge is 0.508 e. The standard InChI is InChI=1S/C19H20O4/c1-13(2)19(21)23-14(3)22-18-7-5-4-6-16(18)12-15-8-10-17(20)11-9-15/h4-11,14,20H,1,12H2,2-3H3. The summed E-state index contributed by atoms with van der Waals surface area (Å²) in [7, 11) is 0.